The molecule has 6 nitrogen and oxygen atoms in total. The first-order chi connectivity index (χ1) is 11.0. The fourth-order valence-electron chi connectivity index (χ4n) is 1.93. The van der Waals surface area contributed by atoms with E-state index in [0.29, 0.717) is 5.69 Å². The fraction of sp³-hybridized carbons (Fsp3) is 0.250. The highest BCUT2D eigenvalue weighted by atomic mass is 19.1. The number of carbonyl (C=O) groups excluding carboxylic acids is 1. The SMILES string of the molecule is Cc1ccc(Nc2cnccc2C(=O)NCC(O)CO)c(F)c1. The van der Waals surface area contributed by atoms with Gasteiger partial charge in [0.25, 0.3) is 5.91 Å². The van der Waals surface area contributed by atoms with Crippen molar-refractivity contribution in [1.29, 1.82) is 0 Å². The van der Waals surface area contributed by atoms with Crippen molar-refractivity contribution >= 4 is 17.3 Å². The lowest BCUT2D eigenvalue weighted by Crippen LogP contribution is -2.34. The summed E-state index contributed by atoms with van der Waals surface area (Å²) in [4.78, 5) is 16.1. The number of aromatic nitrogens is 1. The quantitative estimate of drug-likeness (QED) is 0.645. The van der Waals surface area contributed by atoms with Crippen LogP contribution in [0.3, 0.4) is 0 Å². The molecule has 0 aliphatic carbocycles. The normalized spacial score (nSPS) is 11.8. The Morgan fingerprint density at radius 1 is 1.35 bits per heavy atom. The van der Waals surface area contributed by atoms with Crippen LogP contribution in [-0.2, 0) is 0 Å². The van der Waals surface area contributed by atoms with Crippen molar-refractivity contribution in [1.82, 2.24) is 10.3 Å². The third kappa shape index (κ3) is 4.48. The van der Waals surface area contributed by atoms with Crippen LogP contribution in [0.25, 0.3) is 0 Å². The van der Waals surface area contributed by atoms with E-state index in [9.17, 15) is 14.3 Å². The largest absolute Gasteiger partial charge is 0.394 e. The van der Waals surface area contributed by atoms with E-state index in [2.05, 4.69) is 15.6 Å². The molecule has 1 amide bonds. The summed E-state index contributed by atoms with van der Waals surface area (Å²) in [6.45, 7) is 1.24. The van der Waals surface area contributed by atoms with E-state index in [1.165, 1.54) is 24.5 Å². The van der Waals surface area contributed by atoms with E-state index >= 15 is 0 Å². The van der Waals surface area contributed by atoms with Crippen molar-refractivity contribution in [2.45, 2.75) is 13.0 Å². The number of nitrogens with one attached hydrogen (secondary N) is 2. The van der Waals surface area contributed by atoms with Gasteiger partial charge >= 0.3 is 0 Å². The van der Waals surface area contributed by atoms with Crippen LogP contribution >= 0.6 is 0 Å². The summed E-state index contributed by atoms with van der Waals surface area (Å²) < 4.78 is 13.9. The minimum absolute atomic E-state index is 0.0873. The lowest BCUT2D eigenvalue weighted by Gasteiger charge is -2.13. The number of aryl methyl sites for hydroxylation is 1. The molecule has 0 aliphatic heterocycles. The summed E-state index contributed by atoms with van der Waals surface area (Å²) in [6.07, 6.45) is 1.82. The molecule has 1 aromatic carbocycles. The molecule has 0 aliphatic rings. The third-order valence-corrected chi connectivity index (χ3v) is 3.17. The Kier molecular flexibility index (Phi) is 5.61. The summed E-state index contributed by atoms with van der Waals surface area (Å²) in [5.74, 6) is -0.897. The summed E-state index contributed by atoms with van der Waals surface area (Å²) in [7, 11) is 0. The minimum atomic E-state index is -1.04. The number of rotatable bonds is 6. The van der Waals surface area contributed by atoms with Crippen LogP contribution in [0, 0.1) is 12.7 Å². The lowest BCUT2D eigenvalue weighted by molar-refractivity contribution is 0.0802. The van der Waals surface area contributed by atoms with Gasteiger partial charge in [-0.15, -0.1) is 0 Å². The Morgan fingerprint density at radius 3 is 2.83 bits per heavy atom. The average molecular weight is 319 g/mol. The second-order valence-corrected chi connectivity index (χ2v) is 5.08. The van der Waals surface area contributed by atoms with Gasteiger partial charge in [0.2, 0.25) is 0 Å². The van der Waals surface area contributed by atoms with Gasteiger partial charge in [0.1, 0.15) is 5.82 Å². The highest BCUT2D eigenvalue weighted by Crippen LogP contribution is 2.23. The predicted octanol–water partition coefficient (Wildman–Crippen LogP) is 1.36. The van der Waals surface area contributed by atoms with Crippen molar-refractivity contribution in [3.05, 3.63) is 53.6 Å². The lowest BCUT2D eigenvalue weighted by atomic mass is 10.1. The number of nitrogens with zero attached hydrogens (tertiary/aromatic N) is 1. The third-order valence-electron chi connectivity index (χ3n) is 3.17. The molecule has 1 heterocycles. The van der Waals surface area contributed by atoms with Crippen LogP contribution in [0.5, 0.6) is 0 Å². The number of benzene rings is 1. The molecule has 7 heteroatoms. The molecule has 0 bridgehead atoms. The van der Waals surface area contributed by atoms with Gasteiger partial charge in [0.15, 0.2) is 0 Å². The van der Waals surface area contributed by atoms with Crippen molar-refractivity contribution in [2.24, 2.45) is 0 Å². The summed E-state index contributed by atoms with van der Waals surface area (Å²) >= 11 is 0. The maximum absolute atomic E-state index is 13.9. The standard InChI is InChI=1S/C16H18FN3O3/c1-10-2-3-14(13(17)6-10)20-15-8-18-5-4-12(15)16(23)19-7-11(22)9-21/h2-6,8,11,20-22H,7,9H2,1H3,(H,19,23). The molecule has 2 aromatic rings. The number of aliphatic hydroxyl groups excluding tert-OH is 2. The highest BCUT2D eigenvalue weighted by Gasteiger charge is 2.14. The predicted molar refractivity (Wildman–Crippen MR) is 84.1 cm³/mol. The fourth-order valence-corrected chi connectivity index (χ4v) is 1.93. The number of halogens is 1. The van der Waals surface area contributed by atoms with Gasteiger partial charge in [0, 0.05) is 12.7 Å². The number of hydrogen-bond acceptors (Lipinski definition) is 5. The molecule has 0 fully saturated rings. The van der Waals surface area contributed by atoms with Crippen LogP contribution < -0.4 is 10.6 Å². The zero-order valence-corrected chi connectivity index (χ0v) is 12.6. The van der Waals surface area contributed by atoms with Crippen molar-refractivity contribution in [2.75, 3.05) is 18.5 Å². The Balaban J connectivity index is 2.18. The Hall–Kier alpha value is -2.51. The van der Waals surface area contributed by atoms with E-state index in [1.807, 2.05) is 0 Å². The smallest absolute Gasteiger partial charge is 0.253 e. The topological polar surface area (TPSA) is 94.5 Å². The number of hydrogen-bond donors (Lipinski definition) is 4. The molecule has 0 radical (unpaired) electrons. The molecule has 1 unspecified atom stereocenters. The van der Waals surface area contributed by atoms with Crippen LogP contribution in [0.1, 0.15) is 15.9 Å². The van der Waals surface area contributed by atoms with E-state index in [4.69, 9.17) is 5.11 Å². The van der Waals surface area contributed by atoms with Gasteiger partial charge in [0.05, 0.1) is 35.8 Å². The minimum Gasteiger partial charge on any atom is -0.394 e. The van der Waals surface area contributed by atoms with Crippen molar-refractivity contribution < 1.29 is 19.4 Å². The van der Waals surface area contributed by atoms with Crippen LogP contribution in [0.2, 0.25) is 0 Å². The van der Waals surface area contributed by atoms with E-state index < -0.39 is 24.4 Å². The van der Waals surface area contributed by atoms with Crippen molar-refractivity contribution in [3.63, 3.8) is 0 Å². The molecule has 2 rings (SSSR count). The molecule has 23 heavy (non-hydrogen) atoms. The van der Waals surface area contributed by atoms with E-state index in [-0.39, 0.29) is 17.8 Å². The Morgan fingerprint density at radius 2 is 2.13 bits per heavy atom. The Labute approximate surface area is 133 Å². The average Bonchev–Trinajstić information content (AvgIpc) is 2.55. The van der Waals surface area contributed by atoms with Crippen LogP contribution in [0.4, 0.5) is 15.8 Å². The second-order valence-electron chi connectivity index (χ2n) is 5.08. The second kappa shape index (κ2) is 7.66. The Bertz CT molecular complexity index is 694. The molecule has 122 valence electrons. The first-order valence-corrected chi connectivity index (χ1v) is 7.05. The number of pyridine rings is 1. The maximum Gasteiger partial charge on any atom is 0.253 e. The molecule has 1 atom stereocenters. The number of carbonyl (C=O) groups is 1. The molecule has 0 spiro atoms. The summed E-state index contributed by atoms with van der Waals surface area (Å²) in [5, 5.41) is 23.4. The van der Waals surface area contributed by atoms with Crippen LogP contribution in [0.15, 0.2) is 36.7 Å². The monoisotopic (exact) mass is 319 g/mol. The molecular formula is C16H18FN3O3. The molecule has 4 N–H and O–H groups in total. The zero-order valence-electron chi connectivity index (χ0n) is 12.6. The molecular weight excluding hydrogens is 301 g/mol. The first-order valence-electron chi connectivity index (χ1n) is 7.05. The number of anilines is 2. The number of aliphatic hydroxyl groups is 2. The first kappa shape index (κ1) is 16.9. The van der Waals surface area contributed by atoms with Gasteiger partial charge in [-0.05, 0) is 30.7 Å². The van der Waals surface area contributed by atoms with Crippen LogP contribution in [-0.4, -0.2) is 40.4 Å². The van der Waals surface area contributed by atoms with E-state index in [0.717, 1.165) is 5.56 Å². The van der Waals surface area contributed by atoms with Crippen molar-refractivity contribution in [3.8, 4) is 0 Å². The molecule has 0 saturated carbocycles. The van der Waals surface area contributed by atoms with Gasteiger partial charge in [-0.1, -0.05) is 6.07 Å². The highest BCUT2D eigenvalue weighted by molar-refractivity contribution is 6.00. The van der Waals surface area contributed by atoms with Gasteiger partial charge in [-0.25, -0.2) is 4.39 Å². The summed E-state index contributed by atoms with van der Waals surface area (Å²) in [6, 6.07) is 6.19. The maximum atomic E-state index is 13.9. The van der Waals surface area contributed by atoms with Gasteiger partial charge in [-0.2, -0.15) is 0 Å². The summed E-state index contributed by atoms with van der Waals surface area (Å²) in [5.41, 5.74) is 1.61. The van der Waals surface area contributed by atoms with Gasteiger partial charge in [-0.3, -0.25) is 9.78 Å². The van der Waals surface area contributed by atoms with Gasteiger partial charge < -0.3 is 20.8 Å². The zero-order chi connectivity index (χ0) is 16.8. The molecule has 1 aromatic heterocycles. The molecule has 0 saturated heterocycles. The van der Waals surface area contributed by atoms with E-state index in [1.54, 1.807) is 19.1 Å². The number of amides is 1.